The molecule has 0 saturated carbocycles. The summed E-state index contributed by atoms with van der Waals surface area (Å²) in [4.78, 5) is 28.1. The molecular weight excluding hydrogens is 358 g/mol. The molecule has 0 bridgehead atoms. The molecule has 0 aliphatic rings. The third-order valence-corrected chi connectivity index (χ3v) is 3.99. The van der Waals surface area contributed by atoms with Crippen LogP contribution in [0.3, 0.4) is 0 Å². The van der Waals surface area contributed by atoms with E-state index in [-0.39, 0.29) is 18.2 Å². The molecule has 1 atom stereocenters. The number of para-hydroxylation sites is 1. The molecule has 2 aromatic carbocycles. The van der Waals surface area contributed by atoms with Gasteiger partial charge in [-0.3, -0.25) is 9.59 Å². The summed E-state index contributed by atoms with van der Waals surface area (Å²) in [6.45, 7) is 2.03. The van der Waals surface area contributed by atoms with E-state index in [9.17, 15) is 9.59 Å². The van der Waals surface area contributed by atoms with Crippen molar-refractivity contribution in [1.29, 1.82) is 0 Å². The second kappa shape index (κ2) is 9.31. The number of benzene rings is 2. The number of rotatable bonds is 8. The zero-order chi connectivity index (χ0) is 19.8. The first kappa shape index (κ1) is 19.1. The van der Waals surface area contributed by atoms with Gasteiger partial charge in [-0.05, 0) is 43.3 Å². The van der Waals surface area contributed by atoms with Crippen LogP contribution in [-0.2, 0) is 9.59 Å². The maximum Gasteiger partial charge on any atom is 0.249 e. The van der Waals surface area contributed by atoms with E-state index in [1.165, 1.54) is 17.3 Å². The van der Waals surface area contributed by atoms with E-state index in [0.717, 1.165) is 5.75 Å². The van der Waals surface area contributed by atoms with E-state index in [0.29, 0.717) is 18.0 Å². The predicted octanol–water partition coefficient (Wildman–Crippen LogP) is 2.89. The smallest absolute Gasteiger partial charge is 0.249 e. The van der Waals surface area contributed by atoms with Crippen LogP contribution in [0.4, 0.5) is 11.4 Å². The maximum atomic E-state index is 12.2. The van der Waals surface area contributed by atoms with Crippen molar-refractivity contribution in [3.8, 4) is 5.75 Å². The number of amides is 2. The zero-order valence-corrected chi connectivity index (χ0v) is 15.4. The van der Waals surface area contributed by atoms with Crippen molar-refractivity contribution in [2.75, 3.05) is 17.2 Å². The molecule has 0 unspecified atom stereocenters. The Morgan fingerprint density at radius 1 is 1.04 bits per heavy atom. The van der Waals surface area contributed by atoms with Gasteiger partial charge in [-0.1, -0.05) is 18.2 Å². The van der Waals surface area contributed by atoms with Crippen molar-refractivity contribution in [1.82, 2.24) is 14.8 Å². The van der Waals surface area contributed by atoms with Gasteiger partial charge in [0.15, 0.2) is 0 Å². The zero-order valence-electron chi connectivity index (χ0n) is 15.4. The van der Waals surface area contributed by atoms with Crippen molar-refractivity contribution in [2.45, 2.75) is 19.4 Å². The fraction of sp³-hybridized carbons (Fsp3) is 0.200. The summed E-state index contributed by atoms with van der Waals surface area (Å²) in [6.07, 6.45) is 3.11. The second-order valence-corrected chi connectivity index (χ2v) is 6.08. The van der Waals surface area contributed by atoms with Gasteiger partial charge in [0.1, 0.15) is 24.4 Å². The lowest BCUT2D eigenvalue weighted by molar-refractivity contribution is -0.119. The van der Waals surface area contributed by atoms with Crippen molar-refractivity contribution < 1.29 is 14.3 Å². The summed E-state index contributed by atoms with van der Waals surface area (Å²) in [5.74, 6) is 0.378. The number of hydrogen-bond acceptors (Lipinski definition) is 5. The summed E-state index contributed by atoms with van der Waals surface area (Å²) in [5, 5.41) is 9.56. The molecule has 0 aliphatic carbocycles. The fourth-order valence-corrected chi connectivity index (χ4v) is 2.42. The second-order valence-electron chi connectivity index (χ2n) is 6.08. The Hall–Kier alpha value is -3.68. The Labute approximate surface area is 162 Å². The van der Waals surface area contributed by atoms with Crippen LogP contribution in [0.2, 0.25) is 0 Å². The standard InChI is InChI=1S/C20H21N5O3/c1-15(25-14-21-13-22-25)20(27)24-17-9-7-16(8-10-17)23-19(26)11-12-28-18-5-3-2-4-6-18/h2-10,13-15H,11-12H2,1H3,(H,23,26)(H,24,27)/t15-/m0/s1. The van der Waals surface area contributed by atoms with Crippen LogP contribution < -0.4 is 15.4 Å². The molecule has 0 aliphatic heterocycles. The molecule has 28 heavy (non-hydrogen) atoms. The number of anilines is 2. The van der Waals surface area contributed by atoms with Gasteiger partial charge < -0.3 is 15.4 Å². The van der Waals surface area contributed by atoms with E-state index >= 15 is 0 Å². The predicted molar refractivity (Wildman–Crippen MR) is 105 cm³/mol. The van der Waals surface area contributed by atoms with E-state index in [2.05, 4.69) is 20.7 Å². The minimum Gasteiger partial charge on any atom is -0.493 e. The maximum absolute atomic E-state index is 12.2. The number of nitrogens with zero attached hydrogens (tertiary/aromatic N) is 3. The Morgan fingerprint density at radius 2 is 1.71 bits per heavy atom. The average molecular weight is 379 g/mol. The molecule has 1 aromatic heterocycles. The van der Waals surface area contributed by atoms with Gasteiger partial charge in [-0.15, -0.1) is 0 Å². The lowest BCUT2D eigenvalue weighted by atomic mass is 10.2. The van der Waals surface area contributed by atoms with Crippen molar-refractivity contribution in [2.24, 2.45) is 0 Å². The topological polar surface area (TPSA) is 98.1 Å². The molecule has 8 heteroatoms. The van der Waals surface area contributed by atoms with Gasteiger partial charge in [0.25, 0.3) is 0 Å². The van der Waals surface area contributed by atoms with E-state index in [1.807, 2.05) is 30.3 Å². The van der Waals surface area contributed by atoms with Gasteiger partial charge in [-0.25, -0.2) is 9.67 Å². The minimum atomic E-state index is -0.480. The van der Waals surface area contributed by atoms with E-state index in [4.69, 9.17) is 4.74 Å². The van der Waals surface area contributed by atoms with Crippen LogP contribution in [0.15, 0.2) is 67.3 Å². The van der Waals surface area contributed by atoms with Gasteiger partial charge >= 0.3 is 0 Å². The van der Waals surface area contributed by atoms with Gasteiger partial charge in [0.2, 0.25) is 11.8 Å². The number of hydrogen-bond donors (Lipinski definition) is 2. The number of carbonyl (C=O) groups excluding carboxylic acids is 2. The highest BCUT2D eigenvalue weighted by molar-refractivity contribution is 5.94. The molecule has 0 saturated heterocycles. The van der Waals surface area contributed by atoms with E-state index in [1.54, 1.807) is 31.2 Å². The summed E-state index contributed by atoms with van der Waals surface area (Å²) in [6, 6.07) is 15.8. The number of aromatic nitrogens is 3. The highest BCUT2D eigenvalue weighted by Crippen LogP contribution is 2.16. The molecule has 3 aromatic rings. The molecule has 3 rings (SSSR count). The van der Waals surface area contributed by atoms with Crippen LogP contribution >= 0.6 is 0 Å². The Morgan fingerprint density at radius 3 is 2.36 bits per heavy atom. The largest absolute Gasteiger partial charge is 0.493 e. The molecule has 1 heterocycles. The Balaban J connectivity index is 1.44. The number of nitrogens with one attached hydrogen (secondary N) is 2. The van der Waals surface area contributed by atoms with Crippen LogP contribution in [-0.4, -0.2) is 33.2 Å². The molecule has 0 radical (unpaired) electrons. The first-order valence-corrected chi connectivity index (χ1v) is 8.84. The van der Waals surface area contributed by atoms with Gasteiger partial charge in [-0.2, -0.15) is 5.10 Å². The molecule has 0 spiro atoms. The number of ether oxygens (including phenoxy) is 1. The third kappa shape index (κ3) is 5.41. The van der Waals surface area contributed by atoms with Crippen LogP contribution in [0.5, 0.6) is 5.75 Å². The van der Waals surface area contributed by atoms with Crippen molar-refractivity contribution in [3.63, 3.8) is 0 Å². The Kier molecular flexibility index (Phi) is 6.35. The monoisotopic (exact) mass is 379 g/mol. The quantitative estimate of drug-likeness (QED) is 0.627. The summed E-state index contributed by atoms with van der Waals surface area (Å²) < 4.78 is 6.98. The highest BCUT2D eigenvalue weighted by atomic mass is 16.5. The molecule has 2 N–H and O–H groups in total. The highest BCUT2D eigenvalue weighted by Gasteiger charge is 2.15. The summed E-state index contributed by atoms with van der Waals surface area (Å²) in [5.41, 5.74) is 1.27. The molecule has 2 amide bonds. The molecule has 8 nitrogen and oxygen atoms in total. The molecular formula is C20H21N5O3. The van der Waals surface area contributed by atoms with Crippen LogP contribution in [0, 0.1) is 0 Å². The molecule has 0 fully saturated rings. The lowest BCUT2D eigenvalue weighted by Gasteiger charge is -2.12. The lowest BCUT2D eigenvalue weighted by Crippen LogP contribution is -2.24. The molecule has 144 valence electrons. The first-order valence-electron chi connectivity index (χ1n) is 8.84. The number of carbonyl (C=O) groups is 2. The van der Waals surface area contributed by atoms with Crippen molar-refractivity contribution in [3.05, 3.63) is 67.3 Å². The first-order chi connectivity index (χ1) is 13.6. The van der Waals surface area contributed by atoms with Gasteiger partial charge in [0, 0.05) is 11.4 Å². The average Bonchev–Trinajstić information content (AvgIpc) is 3.24. The van der Waals surface area contributed by atoms with Gasteiger partial charge in [0.05, 0.1) is 13.0 Å². The van der Waals surface area contributed by atoms with Crippen LogP contribution in [0.25, 0.3) is 0 Å². The SMILES string of the molecule is C[C@@H](C(=O)Nc1ccc(NC(=O)CCOc2ccccc2)cc1)n1cncn1. The Bertz CT molecular complexity index is 895. The summed E-state index contributed by atoms with van der Waals surface area (Å²) >= 11 is 0. The fourth-order valence-electron chi connectivity index (χ4n) is 2.42. The summed E-state index contributed by atoms with van der Waals surface area (Å²) in [7, 11) is 0. The normalized spacial score (nSPS) is 11.5. The van der Waals surface area contributed by atoms with Crippen molar-refractivity contribution >= 4 is 23.2 Å². The van der Waals surface area contributed by atoms with E-state index < -0.39 is 6.04 Å². The third-order valence-electron chi connectivity index (χ3n) is 3.99. The minimum absolute atomic E-state index is 0.146. The van der Waals surface area contributed by atoms with Crippen LogP contribution in [0.1, 0.15) is 19.4 Å².